The van der Waals surface area contributed by atoms with E-state index in [1.165, 1.54) is 33.2 Å². The van der Waals surface area contributed by atoms with Gasteiger partial charge in [0.1, 0.15) is 17.3 Å². The molecule has 242 valence electrons. The van der Waals surface area contributed by atoms with E-state index < -0.39 is 0 Å². The van der Waals surface area contributed by atoms with E-state index in [2.05, 4.69) is 133 Å². The van der Waals surface area contributed by atoms with Crippen LogP contribution in [0.15, 0.2) is 110 Å². The standard InChI is InChI=1S/C43H44N4O/c1-27(2)34-18-19-37(43(6,7)8)41(28(3)4)42(34)30-25-45-46(26-30)31-12-11-13-32(23-31)48-33-16-17-36-35-14-9-10-15-38(35)47(39(36)24-33)40-22-29(5)20-21-44-40/h9-28H,1-8H3. The molecule has 0 atom stereocenters. The van der Waals surface area contributed by atoms with Crippen molar-refractivity contribution in [2.45, 2.75) is 72.6 Å². The molecule has 0 saturated carbocycles. The maximum absolute atomic E-state index is 6.53. The highest BCUT2D eigenvalue weighted by Gasteiger charge is 2.26. The van der Waals surface area contributed by atoms with Gasteiger partial charge in [-0.05, 0) is 94.5 Å². The SMILES string of the molecule is Cc1ccnc(-n2c3ccccc3c3ccc(Oc4cccc(-n5cc(-c6c(C(C)C)ccc(C(C)(C)C)c6C(C)C)cn5)c4)cc32)c1. The van der Waals surface area contributed by atoms with Crippen LogP contribution in [0.2, 0.25) is 0 Å². The minimum Gasteiger partial charge on any atom is -0.457 e. The van der Waals surface area contributed by atoms with Crippen LogP contribution in [0, 0.1) is 6.92 Å². The van der Waals surface area contributed by atoms with Gasteiger partial charge in [-0.1, -0.05) is 84.9 Å². The lowest BCUT2D eigenvalue weighted by Crippen LogP contribution is -2.17. The van der Waals surface area contributed by atoms with Crippen molar-refractivity contribution in [3.05, 3.63) is 132 Å². The first-order valence-corrected chi connectivity index (χ1v) is 17.0. The molecule has 0 unspecified atom stereocenters. The Balaban J connectivity index is 1.26. The molecule has 7 aromatic rings. The van der Waals surface area contributed by atoms with Gasteiger partial charge in [0.25, 0.3) is 0 Å². The normalized spacial score (nSPS) is 12.1. The highest BCUT2D eigenvalue weighted by Crippen LogP contribution is 2.42. The number of fused-ring (bicyclic) bond motifs is 3. The fraction of sp³-hybridized carbons (Fsp3) is 0.256. The number of hydrogen-bond donors (Lipinski definition) is 0. The van der Waals surface area contributed by atoms with E-state index in [9.17, 15) is 0 Å². The third-order valence-corrected chi connectivity index (χ3v) is 9.25. The van der Waals surface area contributed by atoms with Gasteiger partial charge in [-0.25, -0.2) is 9.67 Å². The van der Waals surface area contributed by atoms with Gasteiger partial charge in [-0.2, -0.15) is 5.10 Å². The predicted molar refractivity (Wildman–Crippen MR) is 199 cm³/mol. The molecule has 4 aromatic carbocycles. The second-order valence-corrected chi connectivity index (χ2v) is 14.5. The Bertz CT molecular complexity index is 2280. The first-order chi connectivity index (χ1) is 23.0. The Morgan fingerprint density at radius 2 is 1.50 bits per heavy atom. The third-order valence-electron chi connectivity index (χ3n) is 9.25. The number of aryl methyl sites for hydroxylation is 1. The fourth-order valence-corrected chi connectivity index (χ4v) is 7.02. The van der Waals surface area contributed by atoms with E-state index >= 15 is 0 Å². The molecule has 0 amide bonds. The van der Waals surface area contributed by atoms with Gasteiger partial charge in [-0.3, -0.25) is 4.57 Å². The first-order valence-electron chi connectivity index (χ1n) is 17.0. The minimum absolute atomic E-state index is 0.0411. The van der Waals surface area contributed by atoms with Crippen molar-refractivity contribution < 1.29 is 4.74 Å². The van der Waals surface area contributed by atoms with Gasteiger partial charge < -0.3 is 4.74 Å². The van der Waals surface area contributed by atoms with Crippen LogP contribution in [0.3, 0.4) is 0 Å². The van der Waals surface area contributed by atoms with Crippen LogP contribution in [-0.4, -0.2) is 19.3 Å². The van der Waals surface area contributed by atoms with Crippen LogP contribution in [0.1, 0.15) is 82.6 Å². The predicted octanol–water partition coefficient (Wildman–Crippen LogP) is 11.7. The summed E-state index contributed by atoms with van der Waals surface area (Å²) in [5, 5.41) is 7.22. The maximum atomic E-state index is 6.53. The molecule has 0 saturated heterocycles. The van der Waals surface area contributed by atoms with Crippen LogP contribution in [0.25, 0.3) is 44.4 Å². The smallest absolute Gasteiger partial charge is 0.137 e. The van der Waals surface area contributed by atoms with E-state index in [0.717, 1.165) is 45.0 Å². The quantitative estimate of drug-likeness (QED) is 0.176. The van der Waals surface area contributed by atoms with Gasteiger partial charge in [0.15, 0.2) is 0 Å². The lowest BCUT2D eigenvalue weighted by atomic mass is 9.75. The van der Waals surface area contributed by atoms with Crippen molar-refractivity contribution in [3.8, 4) is 34.1 Å². The number of hydrogen-bond acceptors (Lipinski definition) is 3. The molecule has 0 fully saturated rings. The zero-order chi connectivity index (χ0) is 33.7. The summed E-state index contributed by atoms with van der Waals surface area (Å²) in [4.78, 5) is 4.72. The van der Waals surface area contributed by atoms with E-state index in [-0.39, 0.29) is 5.41 Å². The number of para-hydroxylation sites is 1. The van der Waals surface area contributed by atoms with Crippen LogP contribution in [0.5, 0.6) is 11.5 Å². The van der Waals surface area contributed by atoms with Crippen molar-refractivity contribution >= 4 is 21.8 Å². The average molecular weight is 633 g/mol. The number of rotatable bonds is 7. The highest BCUT2D eigenvalue weighted by atomic mass is 16.5. The van der Waals surface area contributed by atoms with Crippen molar-refractivity contribution in [1.29, 1.82) is 0 Å². The van der Waals surface area contributed by atoms with E-state index in [1.807, 2.05) is 41.3 Å². The molecule has 3 aromatic heterocycles. The van der Waals surface area contributed by atoms with Crippen molar-refractivity contribution in [2.24, 2.45) is 0 Å². The number of ether oxygens (including phenoxy) is 1. The summed E-state index contributed by atoms with van der Waals surface area (Å²) in [5.41, 5.74) is 11.0. The summed E-state index contributed by atoms with van der Waals surface area (Å²) in [6, 6.07) is 31.7. The molecule has 48 heavy (non-hydrogen) atoms. The van der Waals surface area contributed by atoms with E-state index in [4.69, 9.17) is 14.8 Å². The molecule has 5 nitrogen and oxygen atoms in total. The molecule has 0 bridgehead atoms. The Morgan fingerprint density at radius 1 is 0.729 bits per heavy atom. The molecule has 0 N–H and O–H groups in total. The van der Waals surface area contributed by atoms with Gasteiger partial charge >= 0.3 is 0 Å². The fourth-order valence-electron chi connectivity index (χ4n) is 7.02. The van der Waals surface area contributed by atoms with Crippen molar-refractivity contribution in [3.63, 3.8) is 0 Å². The van der Waals surface area contributed by atoms with E-state index in [0.29, 0.717) is 11.8 Å². The molecule has 0 radical (unpaired) electrons. The second kappa shape index (κ2) is 12.1. The molecule has 3 heterocycles. The van der Waals surface area contributed by atoms with Gasteiger partial charge in [0.05, 0.1) is 22.9 Å². The molecular formula is C43H44N4O. The number of benzene rings is 4. The lowest BCUT2D eigenvalue weighted by Gasteiger charge is -2.29. The van der Waals surface area contributed by atoms with Gasteiger partial charge in [0.2, 0.25) is 0 Å². The second-order valence-electron chi connectivity index (χ2n) is 14.5. The molecule has 0 aliphatic rings. The largest absolute Gasteiger partial charge is 0.457 e. The van der Waals surface area contributed by atoms with E-state index in [1.54, 1.807) is 0 Å². The third kappa shape index (κ3) is 5.68. The Hall–Kier alpha value is -5.16. The lowest BCUT2D eigenvalue weighted by molar-refractivity contribution is 0.483. The van der Waals surface area contributed by atoms with Crippen LogP contribution in [0.4, 0.5) is 0 Å². The molecule has 5 heteroatoms. The first kappa shape index (κ1) is 31.4. The highest BCUT2D eigenvalue weighted by molar-refractivity contribution is 6.09. The van der Waals surface area contributed by atoms with Gasteiger partial charge in [0, 0.05) is 40.9 Å². The summed E-state index contributed by atoms with van der Waals surface area (Å²) < 4.78 is 10.7. The molecule has 0 aliphatic carbocycles. The number of pyridine rings is 1. The molecule has 0 aliphatic heterocycles. The minimum atomic E-state index is 0.0411. The van der Waals surface area contributed by atoms with Gasteiger partial charge in [-0.15, -0.1) is 0 Å². The summed E-state index contributed by atoms with van der Waals surface area (Å²) in [7, 11) is 0. The zero-order valence-electron chi connectivity index (χ0n) is 29.2. The molecular weight excluding hydrogens is 589 g/mol. The maximum Gasteiger partial charge on any atom is 0.137 e. The Kier molecular flexibility index (Phi) is 7.95. The topological polar surface area (TPSA) is 44.9 Å². The Labute approximate surface area is 283 Å². The zero-order valence-corrected chi connectivity index (χ0v) is 29.2. The summed E-state index contributed by atoms with van der Waals surface area (Å²) in [6.45, 7) is 18.2. The number of aromatic nitrogens is 4. The van der Waals surface area contributed by atoms with Crippen molar-refractivity contribution in [1.82, 2.24) is 19.3 Å². The van der Waals surface area contributed by atoms with Crippen LogP contribution in [-0.2, 0) is 5.41 Å². The monoisotopic (exact) mass is 632 g/mol. The summed E-state index contributed by atoms with van der Waals surface area (Å²) in [5.74, 6) is 3.18. The summed E-state index contributed by atoms with van der Waals surface area (Å²) >= 11 is 0. The average Bonchev–Trinajstić information content (AvgIpc) is 3.67. The van der Waals surface area contributed by atoms with Crippen LogP contribution < -0.4 is 4.74 Å². The Morgan fingerprint density at radius 3 is 2.25 bits per heavy atom. The van der Waals surface area contributed by atoms with Crippen LogP contribution >= 0.6 is 0 Å². The summed E-state index contributed by atoms with van der Waals surface area (Å²) in [6.07, 6.45) is 6.05. The molecule has 7 rings (SSSR count). The van der Waals surface area contributed by atoms with Crippen molar-refractivity contribution in [2.75, 3.05) is 0 Å². The number of nitrogens with zero attached hydrogens (tertiary/aromatic N) is 4. The molecule has 0 spiro atoms.